The number of nitrogens with zero attached hydrogens (tertiary/aromatic N) is 4. The van der Waals surface area contributed by atoms with Gasteiger partial charge in [0, 0.05) is 38.1 Å². The molecule has 4 heterocycles. The number of carbonyl (C=O) groups excluding carboxylic acids is 3. The van der Waals surface area contributed by atoms with Crippen LogP contribution in [0.25, 0.3) is 0 Å². The van der Waals surface area contributed by atoms with E-state index in [9.17, 15) is 27.6 Å². The first-order chi connectivity index (χ1) is 22.3. The van der Waals surface area contributed by atoms with Crippen molar-refractivity contribution in [3.63, 3.8) is 0 Å². The Morgan fingerprint density at radius 1 is 0.851 bits per heavy atom. The van der Waals surface area contributed by atoms with Gasteiger partial charge < -0.3 is 33.8 Å². The zero-order valence-corrected chi connectivity index (χ0v) is 26.9. The Hall–Kier alpha value is -4.00. The summed E-state index contributed by atoms with van der Waals surface area (Å²) in [5.74, 6) is -0.586. The van der Waals surface area contributed by atoms with Crippen molar-refractivity contribution in [2.75, 3.05) is 49.1 Å². The molecule has 2 amide bonds. The van der Waals surface area contributed by atoms with Crippen LogP contribution in [0.3, 0.4) is 0 Å². The monoisotopic (exact) mass is 658 g/mol. The number of alkyl halides is 3. The van der Waals surface area contributed by atoms with Gasteiger partial charge in [-0.3, -0.25) is 4.79 Å². The highest BCUT2D eigenvalue weighted by atomic mass is 19.4. The molecule has 254 valence electrons. The molecular weight excluding hydrogens is 617 g/mol. The van der Waals surface area contributed by atoms with Crippen molar-refractivity contribution in [2.24, 2.45) is 5.92 Å². The molecule has 0 spiro atoms. The molecule has 4 aliphatic heterocycles. The van der Waals surface area contributed by atoms with Gasteiger partial charge in [-0.2, -0.15) is 13.2 Å². The number of rotatable bonds is 6. The van der Waals surface area contributed by atoms with E-state index in [-0.39, 0.29) is 43.3 Å². The molecule has 2 aromatic rings. The number of fused-ring (bicyclic) bond motifs is 2. The lowest BCUT2D eigenvalue weighted by Gasteiger charge is -2.44. The van der Waals surface area contributed by atoms with Crippen LogP contribution in [0.15, 0.2) is 48.5 Å². The Morgan fingerprint density at radius 3 is 2.15 bits per heavy atom. The lowest BCUT2D eigenvalue weighted by Crippen LogP contribution is -2.53. The second-order valence-corrected chi connectivity index (χ2v) is 13.5. The number of amides is 2. The van der Waals surface area contributed by atoms with Gasteiger partial charge in [-0.25, -0.2) is 9.59 Å². The number of anilines is 2. The van der Waals surface area contributed by atoms with E-state index in [2.05, 4.69) is 4.90 Å². The molecule has 0 aromatic heterocycles. The maximum Gasteiger partial charge on any atom is 0.416 e. The second kappa shape index (κ2) is 12.9. The Kier molecular flexibility index (Phi) is 9.03. The number of likely N-dealkylation sites (tertiary alicyclic amines) is 2. The van der Waals surface area contributed by atoms with E-state index in [0.29, 0.717) is 68.8 Å². The summed E-state index contributed by atoms with van der Waals surface area (Å²) in [5, 5.41) is 0. The van der Waals surface area contributed by atoms with Crippen LogP contribution >= 0.6 is 0 Å². The van der Waals surface area contributed by atoms with E-state index >= 15 is 0 Å². The summed E-state index contributed by atoms with van der Waals surface area (Å²) in [6.45, 7) is 7.61. The van der Waals surface area contributed by atoms with Crippen LogP contribution in [0, 0.1) is 5.92 Å². The molecule has 13 heteroatoms. The highest BCUT2D eigenvalue weighted by molar-refractivity contribution is 5.89. The van der Waals surface area contributed by atoms with Gasteiger partial charge in [-0.1, -0.05) is 18.2 Å². The van der Waals surface area contributed by atoms with Gasteiger partial charge in [-0.15, -0.1) is 0 Å². The number of benzene rings is 2. The second-order valence-electron chi connectivity index (χ2n) is 13.5. The highest BCUT2D eigenvalue weighted by Gasteiger charge is 2.55. The largest absolute Gasteiger partial charge is 0.460 e. The normalized spacial score (nSPS) is 22.0. The average Bonchev–Trinajstić information content (AvgIpc) is 3.84. The summed E-state index contributed by atoms with van der Waals surface area (Å²) in [7, 11) is 0. The first-order valence-electron chi connectivity index (χ1n) is 16.2. The summed E-state index contributed by atoms with van der Waals surface area (Å²) in [4.78, 5) is 45.6. The number of esters is 1. The Balaban J connectivity index is 1.09. The minimum Gasteiger partial charge on any atom is -0.460 e. The number of carbonyl (C=O) groups is 3. The summed E-state index contributed by atoms with van der Waals surface area (Å²) < 4.78 is 58.3. The Labute approximate surface area is 272 Å². The van der Waals surface area contributed by atoms with Gasteiger partial charge in [0.2, 0.25) is 5.91 Å². The predicted octanol–water partition coefficient (Wildman–Crippen LogP) is 5.51. The topological polar surface area (TPSA) is 95.2 Å². The summed E-state index contributed by atoms with van der Waals surface area (Å²) in [6, 6.07) is 12.2. The fourth-order valence-corrected chi connectivity index (χ4v) is 6.75. The van der Waals surface area contributed by atoms with Gasteiger partial charge in [-0.05, 0) is 76.8 Å². The highest BCUT2D eigenvalue weighted by Crippen LogP contribution is 2.49. The third kappa shape index (κ3) is 7.29. The van der Waals surface area contributed by atoms with Gasteiger partial charge >= 0.3 is 18.2 Å². The van der Waals surface area contributed by atoms with Crippen molar-refractivity contribution >= 4 is 29.3 Å². The third-order valence-corrected chi connectivity index (χ3v) is 9.16. The van der Waals surface area contributed by atoms with Crippen LogP contribution in [0.2, 0.25) is 0 Å². The van der Waals surface area contributed by atoms with Crippen LogP contribution in [-0.4, -0.2) is 91.2 Å². The quantitative estimate of drug-likeness (QED) is 0.297. The number of hydrogen-bond acceptors (Lipinski definition) is 8. The van der Waals surface area contributed by atoms with E-state index in [0.717, 1.165) is 12.1 Å². The van der Waals surface area contributed by atoms with Crippen LogP contribution in [-0.2, 0) is 25.2 Å². The fraction of sp³-hybridized carbons (Fsp3) is 0.559. The number of hydrogen-bond donors (Lipinski definition) is 0. The zero-order valence-electron chi connectivity index (χ0n) is 26.9. The maximum atomic E-state index is 13.8. The number of ether oxygens (including phenoxy) is 3. The number of piperidine rings is 2. The van der Waals surface area contributed by atoms with Crippen LogP contribution in [0.5, 0.6) is 0 Å². The number of epoxide rings is 1. The molecule has 0 bridgehead atoms. The van der Waals surface area contributed by atoms with Crippen molar-refractivity contribution in [1.82, 2.24) is 9.80 Å². The van der Waals surface area contributed by atoms with Crippen molar-refractivity contribution in [2.45, 2.75) is 76.7 Å². The lowest BCUT2D eigenvalue weighted by molar-refractivity contribution is -0.138. The van der Waals surface area contributed by atoms with Crippen molar-refractivity contribution in [3.8, 4) is 0 Å². The molecule has 0 aliphatic carbocycles. The standard InChI is InChI=1S/C34H41F3N4O6/c1-33(2,3)47-32(44)39-15-11-22(12-16-39)28(42)38-17-13-25(14-18-38)41-26-10-9-24(34(35,36)37)21-27(26)40(29-30(41)46-29)19-20-45-31(43)23-7-5-4-6-8-23/h4-10,21-22,25,29-30H,11-20H2,1-3H3. The lowest BCUT2D eigenvalue weighted by atomic mass is 9.93. The van der Waals surface area contributed by atoms with E-state index in [1.54, 1.807) is 40.1 Å². The molecule has 2 aromatic carbocycles. The molecule has 0 saturated carbocycles. The summed E-state index contributed by atoms with van der Waals surface area (Å²) in [6.07, 6.45) is -3.28. The van der Waals surface area contributed by atoms with E-state index in [1.165, 1.54) is 6.07 Å². The van der Waals surface area contributed by atoms with Crippen molar-refractivity contribution in [3.05, 3.63) is 59.7 Å². The molecular formula is C34H41F3N4O6. The summed E-state index contributed by atoms with van der Waals surface area (Å²) in [5.41, 5.74) is 0.0635. The predicted molar refractivity (Wildman–Crippen MR) is 167 cm³/mol. The van der Waals surface area contributed by atoms with Crippen molar-refractivity contribution < 1.29 is 41.8 Å². The minimum atomic E-state index is -4.53. The molecule has 6 rings (SSSR count). The Morgan fingerprint density at radius 2 is 1.51 bits per heavy atom. The third-order valence-electron chi connectivity index (χ3n) is 9.16. The maximum absolute atomic E-state index is 13.8. The van der Waals surface area contributed by atoms with Crippen LogP contribution < -0.4 is 9.80 Å². The molecule has 47 heavy (non-hydrogen) atoms. The molecule has 4 aliphatic rings. The molecule has 0 radical (unpaired) electrons. The van der Waals surface area contributed by atoms with Gasteiger partial charge in [0.15, 0.2) is 12.5 Å². The van der Waals surface area contributed by atoms with Crippen molar-refractivity contribution in [1.29, 1.82) is 0 Å². The Bertz CT molecular complexity index is 1470. The minimum absolute atomic E-state index is 0.0206. The average molecular weight is 659 g/mol. The molecule has 2 unspecified atom stereocenters. The first-order valence-corrected chi connectivity index (χ1v) is 16.2. The van der Waals surface area contributed by atoms with Crippen LogP contribution in [0.4, 0.5) is 29.3 Å². The molecule has 3 saturated heterocycles. The molecule has 2 atom stereocenters. The van der Waals surface area contributed by atoms with E-state index < -0.39 is 29.5 Å². The number of halogens is 3. The van der Waals surface area contributed by atoms with E-state index in [1.807, 2.05) is 25.7 Å². The van der Waals surface area contributed by atoms with E-state index in [4.69, 9.17) is 14.2 Å². The van der Waals surface area contributed by atoms with Gasteiger partial charge in [0.05, 0.1) is 29.0 Å². The molecule has 3 fully saturated rings. The molecule has 0 N–H and O–H groups in total. The molecule has 10 nitrogen and oxygen atoms in total. The fourth-order valence-electron chi connectivity index (χ4n) is 6.75. The smallest absolute Gasteiger partial charge is 0.416 e. The van der Waals surface area contributed by atoms with Gasteiger partial charge in [0.1, 0.15) is 12.2 Å². The SMILES string of the molecule is CC(C)(C)OC(=O)N1CCC(C(=O)N2CCC(N3c4ccc(C(F)(F)F)cc4N(CCOC(=O)c4ccccc4)C4OC43)CC2)CC1. The summed E-state index contributed by atoms with van der Waals surface area (Å²) >= 11 is 0. The zero-order chi connectivity index (χ0) is 33.5. The van der Waals surface area contributed by atoms with Gasteiger partial charge in [0.25, 0.3) is 0 Å². The first kappa shape index (κ1) is 32.9. The van der Waals surface area contributed by atoms with Crippen LogP contribution in [0.1, 0.15) is 62.4 Å².